The Labute approximate surface area is 236 Å². The molecule has 1 rings (SSSR count). The van der Waals surface area contributed by atoms with E-state index in [0.717, 1.165) is 48.8 Å². The first-order valence-corrected chi connectivity index (χ1v) is 14.3. The van der Waals surface area contributed by atoms with Crippen LogP contribution >= 0.6 is 0 Å². The van der Waals surface area contributed by atoms with Gasteiger partial charge in [-0.3, -0.25) is 0 Å². The first kappa shape index (κ1) is 34.6. The van der Waals surface area contributed by atoms with E-state index in [9.17, 15) is 20.1 Å². The minimum Gasteiger partial charge on any atom is -0.428 e. The van der Waals surface area contributed by atoms with Crippen molar-refractivity contribution >= 4 is 0 Å². The number of unbranched alkanes of at least 4 members (excludes halogenated alkanes) is 1. The molecule has 218 valence electrons. The van der Waals surface area contributed by atoms with E-state index in [0.29, 0.717) is 17.7 Å². The van der Waals surface area contributed by atoms with E-state index in [2.05, 4.69) is 32.9 Å². The molecule has 0 bridgehead atoms. The molecule has 1 heterocycles. The van der Waals surface area contributed by atoms with Crippen LogP contribution in [-0.2, 0) is 12.8 Å². The highest BCUT2D eigenvalue weighted by atomic mass is 16.4. The van der Waals surface area contributed by atoms with Crippen LogP contribution in [0.15, 0.2) is 79.6 Å². The number of allylic oxidation sites excluding steroid dienone is 7. The largest absolute Gasteiger partial charge is 0.428 e. The van der Waals surface area contributed by atoms with Crippen LogP contribution in [0.5, 0.6) is 0 Å². The monoisotopic (exact) mass is 540 g/mol. The molecule has 0 amide bonds. The zero-order valence-corrected chi connectivity index (χ0v) is 25.5. The van der Waals surface area contributed by atoms with Crippen LogP contribution in [0.1, 0.15) is 98.8 Å². The van der Waals surface area contributed by atoms with E-state index in [1.807, 2.05) is 58.9 Å². The van der Waals surface area contributed by atoms with Gasteiger partial charge in [0.1, 0.15) is 5.76 Å². The predicted octanol–water partition coefficient (Wildman–Crippen LogP) is 7.17. The van der Waals surface area contributed by atoms with Gasteiger partial charge in [0.25, 0.3) is 0 Å². The second-order valence-corrected chi connectivity index (χ2v) is 11.0. The van der Waals surface area contributed by atoms with Gasteiger partial charge in [-0.15, -0.1) is 0 Å². The van der Waals surface area contributed by atoms with Crippen LogP contribution < -0.4 is 5.63 Å². The van der Waals surface area contributed by atoms with Crippen LogP contribution in [-0.4, -0.2) is 33.6 Å². The third-order valence-corrected chi connectivity index (χ3v) is 7.32. The Morgan fingerprint density at radius 1 is 0.974 bits per heavy atom. The van der Waals surface area contributed by atoms with Gasteiger partial charge >= 0.3 is 5.63 Å². The fourth-order valence-electron chi connectivity index (χ4n) is 4.40. The SMILES string of the molecule is C/C=C(\C)[C@@H](O)[C@H](C)[C@H](O)C/C=C(C)/C=C(\C)C/C(C)=C/C/C=C(\C)[C@@H](O)Cc1ccc(CCCC)c(=O)o1. The zero-order chi connectivity index (χ0) is 29.5. The maximum atomic E-state index is 12.1. The van der Waals surface area contributed by atoms with Crippen LogP contribution in [0.3, 0.4) is 0 Å². The van der Waals surface area contributed by atoms with Crippen LogP contribution in [0, 0.1) is 5.92 Å². The summed E-state index contributed by atoms with van der Waals surface area (Å²) in [7, 11) is 0. The quantitative estimate of drug-likeness (QED) is 0.153. The van der Waals surface area contributed by atoms with Crippen molar-refractivity contribution in [2.75, 3.05) is 0 Å². The summed E-state index contributed by atoms with van der Waals surface area (Å²) in [5.41, 5.74) is 5.68. The molecular formula is C34H52O5. The number of aliphatic hydroxyl groups is 3. The van der Waals surface area contributed by atoms with Gasteiger partial charge in [0, 0.05) is 17.9 Å². The van der Waals surface area contributed by atoms with Crippen molar-refractivity contribution in [3.63, 3.8) is 0 Å². The number of rotatable bonds is 16. The third-order valence-electron chi connectivity index (χ3n) is 7.32. The van der Waals surface area contributed by atoms with E-state index in [4.69, 9.17) is 4.42 Å². The molecule has 39 heavy (non-hydrogen) atoms. The Balaban J connectivity index is 2.63. The molecule has 0 saturated heterocycles. The fourth-order valence-corrected chi connectivity index (χ4v) is 4.40. The molecule has 1 aromatic heterocycles. The van der Waals surface area contributed by atoms with Crippen molar-refractivity contribution in [2.45, 2.75) is 119 Å². The molecule has 0 fully saturated rings. The van der Waals surface area contributed by atoms with Crippen molar-refractivity contribution in [3.8, 4) is 0 Å². The van der Waals surface area contributed by atoms with Crippen molar-refractivity contribution in [2.24, 2.45) is 5.92 Å². The number of hydrogen-bond donors (Lipinski definition) is 3. The molecule has 0 aliphatic carbocycles. The second-order valence-electron chi connectivity index (χ2n) is 11.0. The zero-order valence-electron chi connectivity index (χ0n) is 25.5. The lowest BCUT2D eigenvalue weighted by atomic mass is 9.91. The van der Waals surface area contributed by atoms with Crippen LogP contribution in [0.4, 0.5) is 0 Å². The smallest absolute Gasteiger partial charge is 0.339 e. The normalized spacial score (nSPS) is 17.3. The summed E-state index contributed by atoms with van der Waals surface area (Å²) in [6, 6.07) is 3.62. The van der Waals surface area contributed by atoms with Crippen molar-refractivity contribution in [1.29, 1.82) is 0 Å². The minimum atomic E-state index is -0.696. The Hall–Kier alpha value is -2.47. The Kier molecular flexibility index (Phi) is 15.9. The van der Waals surface area contributed by atoms with E-state index in [-0.39, 0.29) is 18.0 Å². The van der Waals surface area contributed by atoms with Gasteiger partial charge in [0.15, 0.2) is 0 Å². The van der Waals surface area contributed by atoms with Gasteiger partial charge < -0.3 is 19.7 Å². The van der Waals surface area contributed by atoms with Gasteiger partial charge in [-0.05, 0) is 96.9 Å². The number of aliphatic hydroxyl groups excluding tert-OH is 3. The van der Waals surface area contributed by atoms with Crippen molar-refractivity contribution in [3.05, 3.63) is 92.1 Å². The summed E-state index contributed by atoms with van der Waals surface area (Å²) in [5, 5.41) is 31.4. The summed E-state index contributed by atoms with van der Waals surface area (Å²) in [6.45, 7) is 15.9. The predicted molar refractivity (Wildman–Crippen MR) is 163 cm³/mol. The van der Waals surface area contributed by atoms with Crippen LogP contribution in [0.25, 0.3) is 0 Å². The molecule has 5 heteroatoms. The third kappa shape index (κ3) is 13.0. The highest BCUT2D eigenvalue weighted by Gasteiger charge is 2.22. The van der Waals surface area contributed by atoms with E-state index in [1.165, 1.54) is 11.1 Å². The lowest BCUT2D eigenvalue weighted by Crippen LogP contribution is -2.29. The molecule has 0 spiro atoms. The summed E-state index contributed by atoms with van der Waals surface area (Å²) < 4.78 is 5.42. The van der Waals surface area contributed by atoms with Gasteiger partial charge in [-0.25, -0.2) is 4.79 Å². The Bertz CT molecular complexity index is 1100. The maximum Gasteiger partial charge on any atom is 0.339 e. The van der Waals surface area contributed by atoms with E-state index in [1.54, 1.807) is 6.07 Å². The highest BCUT2D eigenvalue weighted by molar-refractivity contribution is 5.25. The van der Waals surface area contributed by atoms with Gasteiger partial charge in [0.2, 0.25) is 0 Å². The van der Waals surface area contributed by atoms with Gasteiger partial charge in [0.05, 0.1) is 18.3 Å². The molecule has 0 saturated carbocycles. The molecule has 0 radical (unpaired) electrons. The number of hydrogen-bond acceptors (Lipinski definition) is 5. The molecule has 3 N–H and O–H groups in total. The first-order valence-electron chi connectivity index (χ1n) is 14.3. The lowest BCUT2D eigenvalue weighted by Gasteiger charge is -2.24. The first-order chi connectivity index (χ1) is 18.4. The second kappa shape index (κ2) is 18.0. The Morgan fingerprint density at radius 3 is 2.28 bits per heavy atom. The molecule has 5 nitrogen and oxygen atoms in total. The summed E-state index contributed by atoms with van der Waals surface area (Å²) in [6.07, 6.45) is 13.3. The van der Waals surface area contributed by atoms with Crippen molar-refractivity contribution in [1.82, 2.24) is 0 Å². The average Bonchev–Trinajstić information content (AvgIpc) is 2.89. The summed E-state index contributed by atoms with van der Waals surface area (Å²) in [4.78, 5) is 12.1. The molecule has 0 unspecified atom stereocenters. The lowest BCUT2D eigenvalue weighted by molar-refractivity contribution is 0.0415. The fraction of sp³-hybridized carbons (Fsp3) is 0.559. The Morgan fingerprint density at radius 2 is 1.67 bits per heavy atom. The molecule has 4 atom stereocenters. The van der Waals surface area contributed by atoms with Crippen LogP contribution in [0.2, 0.25) is 0 Å². The molecular weight excluding hydrogens is 488 g/mol. The standard InChI is InChI=1S/C34H52O5/c1-9-11-15-29-17-18-30(39-34(29)38)22-32(36)27(7)14-12-13-23(3)20-25(5)21-24(4)16-19-31(35)28(8)33(37)26(6)10-2/h10,13-14,16-18,21,28,31-33,35-37H,9,11-12,15,19-20,22H2,1-8H3/b23-13+,24-16+,25-21+,26-10+,27-14+/t28-,31-,32+,33-/m1/s1. The molecule has 1 aromatic rings. The average molecular weight is 541 g/mol. The maximum absolute atomic E-state index is 12.1. The summed E-state index contributed by atoms with van der Waals surface area (Å²) in [5.74, 6) is 0.271. The van der Waals surface area contributed by atoms with Crippen molar-refractivity contribution < 1.29 is 19.7 Å². The molecule has 0 aliphatic heterocycles. The topological polar surface area (TPSA) is 90.9 Å². The van der Waals surface area contributed by atoms with Gasteiger partial charge in [-0.2, -0.15) is 0 Å². The number of aryl methyl sites for hydroxylation is 1. The van der Waals surface area contributed by atoms with Gasteiger partial charge in [-0.1, -0.05) is 67.4 Å². The summed E-state index contributed by atoms with van der Waals surface area (Å²) >= 11 is 0. The molecule has 0 aromatic carbocycles. The molecule has 0 aliphatic rings. The van der Waals surface area contributed by atoms with E-state index >= 15 is 0 Å². The van der Waals surface area contributed by atoms with E-state index < -0.39 is 18.3 Å². The highest BCUT2D eigenvalue weighted by Crippen LogP contribution is 2.20. The minimum absolute atomic E-state index is 0.231.